The van der Waals surface area contributed by atoms with E-state index < -0.39 is 16.4 Å². The van der Waals surface area contributed by atoms with E-state index in [4.69, 9.17) is 0 Å². The van der Waals surface area contributed by atoms with Gasteiger partial charge in [0.15, 0.2) is 0 Å². The van der Waals surface area contributed by atoms with Gasteiger partial charge in [-0.05, 0) is 49.9 Å². The fourth-order valence-corrected chi connectivity index (χ4v) is 3.55. The predicted octanol–water partition coefficient (Wildman–Crippen LogP) is 2.88. The van der Waals surface area contributed by atoms with Crippen molar-refractivity contribution < 1.29 is 14.1 Å². The van der Waals surface area contributed by atoms with Crippen molar-refractivity contribution in [1.82, 2.24) is 5.32 Å². The van der Waals surface area contributed by atoms with Crippen LogP contribution >= 0.6 is 0 Å². The van der Waals surface area contributed by atoms with Crippen molar-refractivity contribution in [2.45, 2.75) is 49.5 Å². The second-order valence-electron chi connectivity index (χ2n) is 6.48. The van der Waals surface area contributed by atoms with E-state index in [1.165, 1.54) is 6.42 Å². The van der Waals surface area contributed by atoms with Gasteiger partial charge in [0.25, 0.3) is 0 Å². The van der Waals surface area contributed by atoms with Crippen LogP contribution in [0.5, 0.6) is 0 Å². The summed E-state index contributed by atoms with van der Waals surface area (Å²) in [5, 5.41) is 16.0. The highest BCUT2D eigenvalue weighted by Crippen LogP contribution is 2.32. The fourth-order valence-electron chi connectivity index (χ4n) is 3.03. The average molecular weight is 338 g/mol. The minimum Gasteiger partial charge on any atom is -0.388 e. The number of carbonyl (C=O) groups excluding carboxylic acids is 1. The van der Waals surface area contributed by atoms with Crippen LogP contribution in [0.1, 0.15) is 39.0 Å². The Morgan fingerprint density at radius 1 is 1.26 bits per heavy atom. The maximum Gasteiger partial charge on any atom is 0.319 e. The molecule has 1 aliphatic rings. The summed E-state index contributed by atoms with van der Waals surface area (Å²) in [4.78, 5) is 12.7. The van der Waals surface area contributed by atoms with Crippen molar-refractivity contribution >= 4 is 22.5 Å². The summed E-state index contributed by atoms with van der Waals surface area (Å²) in [6.45, 7) is 2.04. The van der Waals surface area contributed by atoms with E-state index in [-0.39, 0.29) is 18.5 Å². The molecular formula is C17H26N2O3S. The number of rotatable bonds is 5. The topological polar surface area (TPSA) is 78.4 Å². The third-order valence-corrected chi connectivity index (χ3v) is 5.47. The number of carbonyl (C=O) groups is 1. The molecule has 0 unspecified atom stereocenters. The quantitative estimate of drug-likeness (QED) is 0.772. The van der Waals surface area contributed by atoms with E-state index in [2.05, 4.69) is 10.6 Å². The molecule has 1 fully saturated rings. The molecule has 0 radical (unpaired) electrons. The van der Waals surface area contributed by atoms with Crippen LogP contribution in [0, 0.1) is 5.92 Å². The zero-order valence-electron chi connectivity index (χ0n) is 13.8. The molecule has 6 heteroatoms. The number of urea groups is 1. The fraction of sp³-hybridized carbons (Fsp3) is 0.588. The van der Waals surface area contributed by atoms with Crippen LogP contribution in [0.2, 0.25) is 0 Å². The maximum absolute atomic E-state index is 12.0. The molecule has 0 heterocycles. The standard InChI is InChI=1S/C17H26N2O3S/c1-17(21,13-6-4-3-5-7-13)12-18-16(20)19-14-8-10-15(11-9-14)23(2)22/h8-11,13,21H,3-7,12H2,1-2H3,(H2,18,19,20)/t17-,23+/m0/s1. The lowest BCUT2D eigenvalue weighted by Crippen LogP contribution is -2.47. The highest BCUT2D eigenvalue weighted by atomic mass is 32.2. The molecule has 2 atom stereocenters. The number of amides is 2. The third kappa shape index (κ3) is 5.32. The van der Waals surface area contributed by atoms with E-state index in [9.17, 15) is 14.1 Å². The number of benzene rings is 1. The van der Waals surface area contributed by atoms with Crippen LogP contribution in [0.25, 0.3) is 0 Å². The molecule has 1 aromatic rings. The van der Waals surface area contributed by atoms with Crippen molar-refractivity contribution in [1.29, 1.82) is 0 Å². The van der Waals surface area contributed by atoms with Gasteiger partial charge in [-0.25, -0.2) is 4.79 Å². The van der Waals surface area contributed by atoms with Crippen LogP contribution < -0.4 is 10.6 Å². The van der Waals surface area contributed by atoms with Gasteiger partial charge in [-0.2, -0.15) is 0 Å². The molecule has 2 rings (SSSR count). The zero-order chi connectivity index (χ0) is 16.9. The largest absolute Gasteiger partial charge is 0.388 e. The number of nitrogens with one attached hydrogen (secondary N) is 2. The van der Waals surface area contributed by atoms with E-state index in [1.54, 1.807) is 37.4 Å². The first-order valence-electron chi connectivity index (χ1n) is 8.09. The van der Waals surface area contributed by atoms with Crippen LogP contribution in [-0.2, 0) is 10.8 Å². The minimum atomic E-state index is -1.03. The van der Waals surface area contributed by atoms with Crippen LogP contribution in [0.15, 0.2) is 29.2 Å². The lowest BCUT2D eigenvalue weighted by Gasteiger charge is -2.35. The van der Waals surface area contributed by atoms with Gasteiger partial charge in [0.1, 0.15) is 0 Å². The van der Waals surface area contributed by atoms with E-state index in [0.29, 0.717) is 5.69 Å². The summed E-state index contributed by atoms with van der Waals surface area (Å²) in [5.41, 5.74) is -0.241. The molecule has 0 aliphatic heterocycles. The molecule has 1 saturated carbocycles. The van der Waals surface area contributed by atoms with Gasteiger partial charge in [0, 0.05) is 34.2 Å². The molecule has 23 heavy (non-hydrogen) atoms. The lowest BCUT2D eigenvalue weighted by atomic mass is 9.78. The van der Waals surface area contributed by atoms with Gasteiger partial charge < -0.3 is 15.7 Å². The molecule has 0 aromatic heterocycles. The van der Waals surface area contributed by atoms with Gasteiger partial charge in [0.05, 0.1) is 5.60 Å². The summed E-state index contributed by atoms with van der Waals surface area (Å²) in [5.74, 6) is 0.246. The Labute approximate surface area is 140 Å². The molecule has 128 valence electrons. The number of aliphatic hydroxyl groups is 1. The van der Waals surface area contributed by atoms with Gasteiger partial charge >= 0.3 is 6.03 Å². The first kappa shape index (κ1) is 17.9. The Hall–Kier alpha value is -1.40. The predicted molar refractivity (Wildman–Crippen MR) is 93.0 cm³/mol. The molecule has 0 bridgehead atoms. The Bertz CT molecular complexity index is 551. The molecule has 5 nitrogen and oxygen atoms in total. The summed E-state index contributed by atoms with van der Waals surface area (Å²) in [6, 6.07) is 6.55. The molecule has 1 aliphatic carbocycles. The van der Waals surface area contributed by atoms with Gasteiger partial charge in [-0.3, -0.25) is 4.21 Å². The highest BCUT2D eigenvalue weighted by molar-refractivity contribution is 7.84. The first-order chi connectivity index (χ1) is 10.9. The van der Waals surface area contributed by atoms with E-state index in [1.807, 2.05) is 0 Å². The van der Waals surface area contributed by atoms with E-state index in [0.717, 1.165) is 30.6 Å². The third-order valence-electron chi connectivity index (χ3n) is 4.54. The number of anilines is 1. The van der Waals surface area contributed by atoms with Crippen molar-refractivity contribution in [2.24, 2.45) is 5.92 Å². The minimum absolute atomic E-state index is 0.237. The summed E-state index contributed by atoms with van der Waals surface area (Å²) in [7, 11) is -1.03. The second kappa shape index (κ2) is 7.93. The molecule has 2 amide bonds. The van der Waals surface area contributed by atoms with Crippen LogP contribution in [-0.4, -0.2) is 33.7 Å². The van der Waals surface area contributed by atoms with E-state index >= 15 is 0 Å². The summed E-state index contributed by atoms with van der Waals surface area (Å²) >= 11 is 0. The van der Waals surface area contributed by atoms with Crippen LogP contribution in [0.4, 0.5) is 10.5 Å². The number of hydrogen-bond donors (Lipinski definition) is 3. The zero-order valence-corrected chi connectivity index (χ0v) is 14.6. The normalized spacial score (nSPS) is 19.6. The molecule has 3 N–H and O–H groups in total. The Morgan fingerprint density at radius 2 is 1.87 bits per heavy atom. The Morgan fingerprint density at radius 3 is 2.43 bits per heavy atom. The summed E-state index contributed by atoms with van der Waals surface area (Å²) < 4.78 is 11.3. The smallest absolute Gasteiger partial charge is 0.319 e. The van der Waals surface area contributed by atoms with Crippen molar-refractivity contribution in [2.75, 3.05) is 18.1 Å². The molecule has 1 aromatic carbocycles. The van der Waals surface area contributed by atoms with Gasteiger partial charge in [0.2, 0.25) is 0 Å². The summed E-state index contributed by atoms with van der Waals surface area (Å²) in [6.07, 6.45) is 7.19. The molecule has 0 saturated heterocycles. The van der Waals surface area contributed by atoms with Gasteiger partial charge in [-0.15, -0.1) is 0 Å². The first-order valence-corrected chi connectivity index (χ1v) is 9.65. The SMILES string of the molecule is C[S@@](=O)c1ccc(NC(=O)NC[C@](C)(O)C2CCCCC2)cc1. The van der Waals surface area contributed by atoms with Crippen molar-refractivity contribution in [3.8, 4) is 0 Å². The van der Waals surface area contributed by atoms with Gasteiger partial charge in [-0.1, -0.05) is 19.3 Å². The molecular weight excluding hydrogens is 312 g/mol. The van der Waals surface area contributed by atoms with Crippen molar-refractivity contribution in [3.05, 3.63) is 24.3 Å². The highest BCUT2D eigenvalue weighted by Gasteiger charge is 2.32. The average Bonchev–Trinajstić information content (AvgIpc) is 2.54. The van der Waals surface area contributed by atoms with Crippen LogP contribution in [0.3, 0.4) is 0 Å². The molecule has 0 spiro atoms. The monoisotopic (exact) mass is 338 g/mol. The second-order valence-corrected chi connectivity index (χ2v) is 7.86. The Kier molecular flexibility index (Phi) is 6.18. The maximum atomic E-state index is 12.0. The van der Waals surface area contributed by atoms with Crippen molar-refractivity contribution in [3.63, 3.8) is 0 Å². The Balaban J connectivity index is 1.83. The number of hydrogen-bond acceptors (Lipinski definition) is 3. The lowest BCUT2D eigenvalue weighted by molar-refractivity contribution is -0.0127.